The molecule has 0 saturated heterocycles. The fourth-order valence-electron chi connectivity index (χ4n) is 2.17. The summed E-state index contributed by atoms with van der Waals surface area (Å²) in [4.78, 5) is 19.4. The number of rotatable bonds is 2. The average Bonchev–Trinajstić information content (AvgIpc) is 2.93. The molecule has 0 amide bonds. The maximum Gasteiger partial charge on any atom is 0.170 e. The normalized spacial score (nSPS) is 11.0. The van der Waals surface area contributed by atoms with E-state index in [1.807, 2.05) is 41.4 Å². The van der Waals surface area contributed by atoms with E-state index in [1.54, 1.807) is 12.7 Å². The Balaban J connectivity index is 2.25. The summed E-state index contributed by atoms with van der Waals surface area (Å²) >= 11 is 0. The molecule has 3 rings (SSSR count). The number of hydrogen-bond donors (Lipinski definition) is 0. The van der Waals surface area contributed by atoms with Gasteiger partial charge in [0.1, 0.15) is 5.69 Å². The van der Waals surface area contributed by atoms with Crippen LogP contribution < -0.4 is 0 Å². The molecule has 0 atom stereocenters. The third kappa shape index (κ3) is 1.44. The van der Waals surface area contributed by atoms with Crippen LogP contribution in [0.1, 0.15) is 10.5 Å². The van der Waals surface area contributed by atoms with E-state index < -0.39 is 0 Å². The van der Waals surface area contributed by atoms with Crippen LogP contribution in [0.5, 0.6) is 0 Å². The Bertz CT molecular complexity index is 739. The fourth-order valence-corrected chi connectivity index (χ4v) is 2.17. The SMILES string of the molecule is Cn1cnc(C=O)c1-c1ccc2c(c1)ncn2C. The molecule has 0 aliphatic heterocycles. The minimum atomic E-state index is 0.452. The van der Waals surface area contributed by atoms with Crippen molar-refractivity contribution in [3.05, 3.63) is 36.5 Å². The maximum absolute atomic E-state index is 11.0. The van der Waals surface area contributed by atoms with Crippen molar-refractivity contribution in [1.82, 2.24) is 19.1 Å². The molecule has 0 aliphatic carbocycles. The Labute approximate surface area is 104 Å². The van der Waals surface area contributed by atoms with Crippen molar-refractivity contribution in [2.24, 2.45) is 14.1 Å². The lowest BCUT2D eigenvalue weighted by Crippen LogP contribution is -1.93. The summed E-state index contributed by atoms with van der Waals surface area (Å²) in [5.41, 5.74) is 4.19. The monoisotopic (exact) mass is 240 g/mol. The van der Waals surface area contributed by atoms with Crippen LogP contribution in [-0.2, 0) is 14.1 Å². The third-order valence-electron chi connectivity index (χ3n) is 3.08. The zero-order chi connectivity index (χ0) is 12.7. The largest absolute Gasteiger partial charge is 0.334 e. The van der Waals surface area contributed by atoms with Crippen LogP contribution in [0.4, 0.5) is 0 Å². The predicted octanol–water partition coefficient (Wildman–Crippen LogP) is 1.79. The molecule has 18 heavy (non-hydrogen) atoms. The van der Waals surface area contributed by atoms with Gasteiger partial charge >= 0.3 is 0 Å². The zero-order valence-corrected chi connectivity index (χ0v) is 10.2. The zero-order valence-electron chi connectivity index (χ0n) is 10.2. The first kappa shape index (κ1) is 10.7. The summed E-state index contributed by atoms with van der Waals surface area (Å²) in [5, 5.41) is 0. The second-order valence-corrected chi connectivity index (χ2v) is 4.27. The van der Waals surface area contributed by atoms with Crippen LogP contribution in [0.15, 0.2) is 30.9 Å². The van der Waals surface area contributed by atoms with Crippen molar-refractivity contribution < 1.29 is 4.79 Å². The van der Waals surface area contributed by atoms with Crippen LogP contribution >= 0.6 is 0 Å². The lowest BCUT2D eigenvalue weighted by molar-refractivity contribution is 0.112. The first-order valence-electron chi connectivity index (χ1n) is 5.58. The van der Waals surface area contributed by atoms with Gasteiger partial charge in [0.2, 0.25) is 0 Å². The van der Waals surface area contributed by atoms with Gasteiger partial charge in [-0.05, 0) is 12.1 Å². The first-order chi connectivity index (χ1) is 8.70. The molecule has 0 saturated carbocycles. The number of aldehydes is 1. The predicted molar refractivity (Wildman–Crippen MR) is 68.3 cm³/mol. The van der Waals surface area contributed by atoms with E-state index in [0.29, 0.717) is 5.69 Å². The summed E-state index contributed by atoms with van der Waals surface area (Å²) in [6, 6.07) is 5.95. The Kier molecular flexibility index (Phi) is 2.26. The van der Waals surface area contributed by atoms with Crippen LogP contribution in [0.25, 0.3) is 22.3 Å². The smallest absolute Gasteiger partial charge is 0.170 e. The molecule has 3 aromatic rings. The van der Waals surface area contributed by atoms with Gasteiger partial charge < -0.3 is 9.13 Å². The number of carbonyl (C=O) groups is 1. The summed E-state index contributed by atoms with van der Waals surface area (Å²) in [7, 11) is 3.83. The first-order valence-corrected chi connectivity index (χ1v) is 5.58. The molecule has 0 fully saturated rings. The molecule has 0 radical (unpaired) electrons. The van der Waals surface area contributed by atoms with E-state index in [4.69, 9.17) is 0 Å². The molecule has 0 aliphatic rings. The molecule has 1 aromatic carbocycles. The number of aryl methyl sites for hydroxylation is 2. The van der Waals surface area contributed by atoms with Gasteiger partial charge in [-0.15, -0.1) is 0 Å². The van der Waals surface area contributed by atoms with Crippen LogP contribution in [0.3, 0.4) is 0 Å². The highest BCUT2D eigenvalue weighted by Gasteiger charge is 2.11. The molecule has 0 bridgehead atoms. The molecular weight excluding hydrogens is 228 g/mol. The minimum absolute atomic E-state index is 0.452. The highest BCUT2D eigenvalue weighted by Crippen LogP contribution is 2.25. The van der Waals surface area contributed by atoms with Crippen molar-refractivity contribution in [3.63, 3.8) is 0 Å². The van der Waals surface area contributed by atoms with Crippen molar-refractivity contribution in [3.8, 4) is 11.3 Å². The van der Waals surface area contributed by atoms with Gasteiger partial charge in [-0.3, -0.25) is 4.79 Å². The molecule has 90 valence electrons. The second kappa shape index (κ2) is 3.80. The van der Waals surface area contributed by atoms with E-state index >= 15 is 0 Å². The van der Waals surface area contributed by atoms with Crippen molar-refractivity contribution in [2.45, 2.75) is 0 Å². The number of hydrogen-bond acceptors (Lipinski definition) is 3. The fraction of sp³-hybridized carbons (Fsp3) is 0.154. The van der Waals surface area contributed by atoms with Crippen molar-refractivity contribution in [1.29, 1.82) is 0 Å². The van der Waals surface area contributed by atoms with Gasteiger partial charge in [0, 0.05) is 19.7 Å². The minimum Gasteiger partial charge on any atom is -0.334 e. The molecule has 2 heterocycles. The number of imidazole rings is 2. The molecular formula is C13H12N4O. The molecule has 0 N–H and O–H groups in total. The quantitative estimate of drug-likeness (QED) is 0.642. The molecule has 0 unspecified atom stereocenters. The Morgan fingerprint density at radius 3 is 2.67 bits per heavy atom. The molecule has 5 nitrogen and oxygen atoms in total. The van der Waals surface area contributed by atoms with Crippen LogP contribution in [-0.4, -0.2) is 25.4 Å². The summed E-state index contributed by atoms with van der Waals surface area (Å²) < 4.78 is 3.80. The van der Waals surface area contributed by atoms with Crippen LogP contribution in [0, 0.1) is 0 Å². The van der Waals surface area contributed by atoms with E-state index in [-0.39, 0.29) is 0 Å². The van der Waals surface area contributed by atoms with Crippen molar-refractivity contribution in [2.75, 3.05) is 0 Å². The Morgan fingerprint density at radius 1 is 1.11 bits per heavy atom. The van der Waals surface area contributed by atoms with Gasteiger partial charge in [0.25, 0.3) is 0 Å². The number of benzene rings is 1. The van der Waals surface area contributed by atoms with E-state index in [1.165, 1.54) is 0 Å². The van der Waals surface area contributed by atoms with Gasteiger partial charge in [-0.25, -0.2) is 9.97 Å². The second-order valence-electron chi connectivity index (χ2n) is 4.27. The summed E-state index contributed by atoms with van der Waals surface area (Å²) in [6.07, 6.45) is 4.19. The molecule has 2 aromatic heterocycles. The van der Waals surface area contributed by atoms with Gasteiger partial charge in [0.05, 0.1) is 29.4 Å². The van der Waals surface area contributed by atoms with Gasteiger partial charge in [0.15, 0.2) is 6.29 Å². The topological polar surface area (TPSA) is 52.7 Å². The maximum atomic E-state index is 11.0. The van der Waals surface area contributed by atoms with E-state index in [0.717, 1.165) is 28.6 Å². The van der Waals surface area contributed by atoms with Gasteiger partial charge in [-0.1, -0.05) is 6.07 Å². The average molecular weight is 240 g/mol. The Morgan fingerprint density at radius 2 is 1.89 bits per heavy atom. The molecule has 0 spiro atoms. The number of nitrogens with zero attached hydrogens (tertiary/aromatic N) is 4. The third-order valence-corrected chi connectivity index (χ3v) is 3.08. The van der Waals surface area contributed by atoms with Crippen molar-refractivity contribution >= 4 is 17.3 Å². The number of aromatic nitrogens is 4. The summed E-state index contributed by atoms with van der Waals surface area (Å²) in [5.74, 6) is 0. The van der Waals surface area contributed by atoms with Gasteiger partial charge in [-0.2, -0.15) is 0 Å². The molecule has 5 heteroatoms. The lowest BCUT2D eigenvalue weighted by Gasteiger charge is -2.04. The number of carbonyl (C=O) groups excluding carboxylic acids is 1. The highest BCUT2D eigenvalue weighted by atomic mass is 16.1. The van der Waals surface area contributed by atoms with E-state index in [9.17, 15) is 4.79 Å². The summed E-state index contributed by atoms with van der Waals surface area (Å²) in [6.45, 7) is 0. The lowest BCUT2D eigenvalue weighted by atomic mass is 10.1. The van der Waals surface area contributed by atoms with Crippen LogP contribution in [0.2, 0.25) is 0 Å². The standard InChI is InChI=1S/C13H12N4O/c1-16-7-14-10-5-9(3-4-12(10)16)13-11(6-18)15-8-17(13)2/h3-8H,1-2H3. The highest BCUT2D eigenvalue weighted by molar-refractivity contribution is 5.87. The Hall–Kier alpha value is -2.43. The van der Waals surface area contributed by atoms with E-state index in [2.05, 4.69) is 9.97 Å². The number of fused-ring (bicyclic) bond motifs is 1.